The number of carbonyl (C=O) groups excluding carboxylic acids is 2. The Labute approximate surface area is 153 Å². The van der Waals surface area contributed by atoms with Gasteiger partial charge in [-0.1, -0.05) is 23.8 Å². The van der Waals surface area contributed by atoms with Crippen molar-refractivity contribution in [3.05, 3.63) is 59.7 Å². The lowest BCUT2D eigenvalue weighted by atomic mass is 10.2. The number of amides is 2. The molecule has 6 heteroatoms. The van der Waals surface area contributed by atoms with E-state index in [1.54, 1.807) is 12.1 Å². The van der Waals surface area contributed by atoms with Crippen LogP contribution in [0.25, 0.3) is 0 Å². The number of hydrogen-bond donors (Lipinski definition) is 3. The highest BCUT2D eigenvalue weighted by Crippen LogP contribution is 2.12. The highest BCUT2D eigenvalue weighted by Gasteiger charge is 2.06. The lowest BCUT2D eigenvalue weighted by molar-refractivity contribution is -0.121. The molecular weight excluding hydrogens is 332 g/mol. The lowest BCUT2D eigenvalue weighted by Crippen LogP contribution is -2.34. The molecule has 0 spiro atoms. The first-order valence-corrected chi connectivity index (χ1v) is 8.58. The van der Waals surface area contributed by atoms with Gasteiger partial charge in [-0.15, -0.1) is 0 Å². The van der Waals surface area contributed by atoms with Gasteiger partial charge in [0.2, 0.25) is 5.91 Å². The van der Waals surface area contributed by atoms with E-state index in [4.69, 9.17) is 4.74 Å². The van der Waals surface area contributed by atoms with Crippen molar-refractivity contribution in [1.29, 1.82) is 0 Å². The molecule has 0 saturated carbocycles. The monoisotopic (exact) mass is 356 g/mol. The van der Waals surface area contributed by atoms with Gasteiger partial charge >= 0.3 is 0 Å². The molecule has 3 N–H and O–H groups in total. The molecule has 138 valence electrons. The quantitative estimate of drug-likeness (QED) is 0.602. The standard InChI is InChI=1S/C20H24N2O4/c1-15-7-9-18(10-8-15)26-13-3-6-19(24)21-11-12-22-20(25)16-4-2-5-17(23)14-16/h2,4-5,7-10,14,23H,3,6,11-13H2,1H3,(H,21,24)(H,22,25). The van der Waals surface area contributed by atoms with Crippen molar-refractivity contribution >= 4 is 11.8 Å². The molecule has 26 heavy (non-hydrogen) atoms. The Morgan fingerprint density at radius 1 is 1.04 bits per heavy atom. The van der Waals surface area contributed by atoms with Crippen LogP contribution in [0.1, 0.15) is 28.8 Å². The van der Waals surface area contributed by atoms with Crippen LogP contribution in [0.3, 0.4) is 0 Å². The fourth-order valence-corrected chi connectivity index (χ4v) is 2.27. The molecule has 2 rings (SSSR count). The van der Waals surface area contributed by atoms with Crippen LogP contribution in [-0.4, -0.2) is 36.6 Å². The zero-order valence-corrected chi connectivity index (χ0v) is 14.8. The van der Waals surface area contributed by atoms with Crippen LogP contribution in [0.2, 0.25) is 0 Å². The Kier molecular flexibility index (Phi) is 7.49. The van der Waals surface area contributed by atoms with Gasteiger partial charge in [-0.3, -0.25) is 9.59 Å². The van der Waals surface area contributed by atoms with Crippen LogP contribution in [0, 0.1) is 6.92 Å². The minimum absolute atomic E-state index is 0.0406. The van der Waals surface area contributed by atoms with Gasteiger partial charge in [0.25, 0.3) is 5.91 Å². The first-order chi connectivity index (χ1) is 12.5. The number of ether oxygens (including phenoxy) is 1. The second kappa shape index (κ2) is 10.1. The number of phenolic OH excluding ortho intramolecular Hbond substituents is 1. The predicted octanol–water partition coefficient (Wildman–Crippen LogP) is 2.41. The molecule has 0 unspecified atom stereocenters. The van der Waals surface area contributed by atoms with Crippen LogP contribution in [0.4, 0.5) is 0 Å². The number of rotatable bonds is 9. The number of aromatic hydroxyl groups is 1. The summed E-state index contributed by atoms with van der Waals surface area (Å²) >= 11 is 0. The molecule has 0 aliphatic carbocycles. The van der Waals surface area contributed by atoms with E-state index < -0.39 is 0 Å². The third kappa shape index (κ3) is 6.84. The Morgan fingerprint density at radius 3 is 2.50 bits per heavy atom. The molecule has 0 aliphatic rings. The van der Waals surface area contributed by atoms with E-state index in [2.05, 4.69) is 10.6 Å². The van der Waals surface area contributed by atoms with Crippen LogP contribution in [-0.2, 0) is 4.79 Å². The number of hydrogen-bond acceptors (Lipinski definition) is 4. The van der Waals surface area contributed by atoms with E-state index in [1.807, 2.05) is 31.2 Å². The van der Waals surface area contributed by atoms with E-state index in [-0.39, 0.29) is 17.6 Å². The summed E-state index contributed by atoms with van der Waals surface area (Å²) in [7, 11) is 0. The summed E-state index contributed by atoms with van der Waals surface area (Å²) < 4.78 is 5.57. The van der Waals surface area contributed by atoms with Crippen molar-refractivity contribution in [3.8, 4) is 11.5 Å². The molecule has 6 nitrogen and oxygen atoms in total. The summed E-state index contributed by atoms with van der Waals surface area (Å²) in [6, 6.07) is 13.9. The summed E-state index contributed by atoms with van der Waals surface area (Å²) in [6.45, 7) is 3.16. The highest BCUT2D eigenvalue weighted by molar-refractivity contribution is 5.94. The molecule has 0 radical (unpaired) electrons. The fraction of sp³-hybridized carbons (Fsp3) is 0.300. The minimum atomic E-state index is -0.290. The van der Waals surface area contributed by atoms with Gasteiger partial charge in [0.15, 0.2) is 0 Å². The van der Waals surface area contributed by atoms with Crippen molar-refractivity contribution in [2.24, 2.45) is 0 Å². The zero-order chi connectivity index (χ0) is 18.8. The Balaban J connectivity index is 1.54. The van der Waals surface area contributed by atoms with Crippen molar-refractivity contribution in [2.75, 3.05) is 19.7 Å². The molecule has 0 heterocycles. The van der Waals surface area contributed by atoms with Gasteiger partial charge in [-0.05, 0) is 43.7 Å². The van der Waals surface area contributed by atoms with E-state index >= 15 is 0 Å². The molecule has 0 atom stereocenters. The lowest BCUT2D eigenvalue weighted by Gasteiger charge is -2.08. The number of aryl methyl sites for hydroxylation is 1. The highest BCUT2D eigenvalue weighted by atomic mass is 16.5. The fourth-order valence-electron chi connectivity index (χ4n) is 2.27. The number of carbonyl (C=O) groups is 2. The molecule has 2 aromatic carbocycles. The molecule has 0 bridgehead atoms. The van der Waals surface area contributed by atoms with Crippen LogP contribution < -0.4 is 15.4 Å². The third-order valence-electron chi connectivity index (χ3n) is 3.68. The van der Waals surface area contributed by atoms with Crippen LogP contribution >= 0.6 is 0 Å². The topological polar surface area (TPSA) is 87.7 Å². The average Bonchev–Trinajstić information content (AvgIpc) is 2.63. The molecule has 2 amide bonds. The maximum Gasteiger partial charge on any atom is 0.251 e. The smallest absolute Gasteiger partial charge is 0.251 e. The first kappa shape index (κ1) is 19.3. The van der Waals surface area contributed by atoms with E-state index in [0.717, 1.165) is 5.75 Å². The van der Waals surface area contributed by atoms with Gasteiger partial charge in [-0.2, -0.15) is 0 Å². The minimum Gasteiger partial charge on any atom is -0.508 e. The van der Waals surface area contributed by atoms with Crippen molar-refractivity contribution in [2.45, 2.75) is 19.8 Å². The summed E-state index contributed by atoms with van der Waals surface area (Å²) in [5, 5.41) is 14.8. The average molecular weight is 356 g/mol. The van der Waals surface area contributed by atoms with Crippen molar-refractivity contribution < 1.29 is 19.4 Å². The van der Waals surface area contributed by atoms with E-state index in [1.165, 1.54) is 17.7 Å². The molecule has 0 aromatic heterocycles. The molecule has 0 saturated heterocycles. The molecule has 0 fully saturated rings. The second-order valence-corrected chi connectivity index (χ2v) is 5.92. The summed E-state index contributed by atoms with van der Waals surface area (Å²) in [5.41, 5.74) is 1.55. The van der Waals surface area contributed by atoms with Crippen LogP contribution in [0.5, 0.6) is 11.5 Å². The van der Waals surface area contributed by atoms with Gasteiger partial charge in [0.1, 0.15) is 11.5 Å². The molecule has 0 aliphatic heterocycles. The van der Waals surface area contributed by atoms with Gasteiger partial charge < -0.3 is 20.5 Å². The van der Waals surface area contributed by atoms with E-state index in [9.17, 15) is 14.7 Å². The SMILES string of the molecule is Cc1ccc(OCCCC(=O)NCCNC(=O)c2cccc(O)c2)cc1. The Bertz CT molecular complexity index is 729. The normalized spacial score (nSPS) is 10.2. The Morgan fingerprint density at radius 2 is 1.77 bits per heavy atom. The molecule has 2 aromatic rings. The van der Waals surface area contributed by atoms with Crippen molar-refractivity contribution in [3.63, 3.8) is 0 Å². The first-order valence-electron chi connectivity index (χ1n) is 8.58. The second-order valence-electron chi connectivity index (χ2n) is 5.92. The zero-order valence-electron chi connectivity index (χ0n) is 14.8. The van der Waals surface area contributed by atoms with E-state index in [0.29, 0.717) is 38.1 Å². The Hall–Kier alpha value is -3.02. The van der Waals surface area contributed by atoms with Crippen LogP contribution in [0.15, 0.2) is 48.5 Å². The number of phenols is 1. The summed E-state index contributed by atoms with van der Waals surface area (Å²) in [5.74, 6) is 0.468. The number of nitrogens with one attached hydrogen (secondary N) is 2. The third-order valence-corrected chi connectivity index (χ3v) is 3.68. The van der Waals surface area contributed by atoms with Crippen molar-refractivity contribution in [1.82, 2.24) is 10.6 Å². The molecular formula is C20H24N2O4. The van der Waals surface area contributed by atoms with Gasteiger partial charge in [-0.25, -0.2) is 0 Å². The maximum atomic E-state index is 11.9. The summed E-state index contributed by atoms with van der Waals surface area (Å²) in [4.78, 5) is 23.6. The largest absolute Gasteiger partial charge is 0.508 e. The van der Waals surface area contributed by atoms with Gasteiger partial charge in [0.05, 0.1) is 6.61 Å². The van der Waals surface area contributed by atoms with Gasteiger partial charge in [0, 0.05) is 25.1 Å². The summed E-state index contributed by atoms with van der Waals surface area (Å²) in [6.07, 6.45) is 0.988. The predicted molar refractivity (Wildman–Crippen MR) is 99.4 cm³/mol. The maximum absolute atomic E-state index is 11.9. The number of benzene rings is 2.